The van der Waals surface area contributed by atoms with Gasteiger partial charge in [0.15, 0.2) is 14.1 Å². The van der Waals surface area contributed by atoms with Crippen molar-refractivity contribution in [1.29, 1.82) is 0 Å². The maximum absolute atomic E-state index is 14.5. The Balaban J connectivity index is 2.50. The zero-order valence-electron chi connectivity index (χ0n) is 20.1. The minimum atomic E-state index is -4.86. The van der Waals surface area contributed by atoms with Crippen LogP contribution in [0.15, 0.2) is 30.3 Å². The molecule has 0 bridgehead atoms. The Morgan fingerprint density at radius 1 is 1.03 bits per heavy atom. The van der Waals surface area contributed by atoms with Gasteiger partial charge in [-0.2, -0.15) is 13.2 Å². The van der Waals surface area contributed by atoms with Crippen LogP contribution in [0.3, 0.4) is 0 Å². The molecule has 2 unspecified atom stereocenters. The van der Waals surface area contributed by atoms with Crippen LogP contribution in [0.1, 0.15) is 65.4 Å². The van der Waals surface area contributed by atoms with E-state index in [-0.39, 0.29) is 17.6 Å². The maximum Gasteiger partial charge on any atom is 0.428 e. The lowest BCUT2D eigenvalue weighted by Gasteiger charge is -2.44. The van der Waals surface area contributed by atoms with Crippen molar-refractivity contribution in [3.63, 3.8) is 0 Å². The summed E-state index contributed by atoms with van der Waals surface area (Å²) in [5.41, 5.74) is -3.11. The largest absolute Gasteiger partial charge is 0.428 e. The van der Waals surface area contributed by atoms with Gasteiger partial charge in [-0.15, -0.1) is 0 Å². The molecule has 4 atom stereocenters. The number of Topliss-reactive ketones (excluding diaryl/α,β-unsaturated/α-hetero) is 1. The average molecular weight is 473 g/mol. The average Bonchev–Trinajstić information content (AvgIpc) is 2.81. The molecule has 32 heavy (non-hydrogen) atoms. The lowest BCUT2D eigenvalue weighted by molar-refractivity contribution is -0.267. The van der Waals surface area contributed by atoms with Gasteiger partial charge in [-0.05, 0) is 43.3 Å². The van der Waals surface area contributed by atoms with E-state index >= 15 is 0 Å². The first kappa shape index (κ1) is 27.1. The SMILES string of the molecule is CC[C@@H](O[Si](CC)(CC)CC)C1CCCCC1C(=O)[C@@](OC)(c1ccccc1)C(F)(F)F. The van der Waals surface area contributed by atoms with Crippen LogP contribution < -0.4 is 0 Å². The Bertz CT molecular complexity index is 713. The van der Waals surface area contributed by atoms with Gasteiger partial charge in [-0.3, -0.25) is 4.79 Å². The Kier molecular flexibility index (Phi) is 9.55. The molecule has 1 fully saturated rings. The van der Waals surface area contributed by atoms with Crippen molar-refractivity contribution in [3.05, 3.63) is 35.9 Å². The fraction of sp³-hybridized carbons (Fsp3) is 0.720. The van der Waals surface area contributed by atoms with Gasteiger partial charge >= 0.3 is 6.18 Å². The second kappa shape index (κ2) is 11.3. The summed E-state index contributed by atoms with van der Waals surface area (Å²) >= 11 is 0. The number of carbonyl (C=O) groups is 1. The van der Waals surface area contributed by atoms with Crippen LogP contribution in [-0.4, -0.2) is 33.5 Å². The summed E-state index contributed by atoms with van der Waals surface area (Å²) in [4.78, 5) is 13.8. The van der Waals surface area contributed by atoms with Gasteiger partial charge in [-0.25, -0.2) is 0 Å². The Morgan fingerprint density at radius 2 is 1.59 bits per heavy atom. The summed E-state index contributed by atoms with van der Waals surface area (Å²) in [5, 5.41) is 0. The van der Waals surface area contributed by atoms with Crippen molar-refractivity contribution in [1.82, 2.24) is 0 Å². The Hall–Kier alpha value is -1.18. The first-order valence-corrected chi connectivity index (χ1v) is 14.6. The molecule has 0 radical (unpaired) electrons. The number of ether oxygens (including phenoxy) is 1. The van der Waals surface area contributed by atoms with E-state index in [2.05, 4.69) is 20.8 Å². The molecule has 0 heterocycles. The number of alkyl halides is 3. The number of halogens is 3. The number of rotatable bonds is 11. The van der Waals surface area contributed by atoms with Crippen LogP contribution >= 0.6 is 0 Å². The second-order valence-electron chi connectivity index (χ2n) is 8.98. The molecule has 1 saturated carbocycles. The fourth-order valence-electron chi connectivity index (χ4n) is 5.44. The zero-order valence-corrected chi connectivity index (χ0v) is 21.1. The highest BCUT2D eigenvalue weighted by molar-refractivity contribution is 6.73. The number of hydrogen-bond acceptors (Lipinski definition) is 3. The van der Waals surface area contributed by atoms with Gasteiger partial charge < -0.3 is 9.16 Å². The summed E-state index contributed by atoms with van der Waals surface area (Å²) in [5.74, 6) is -1.84. The van der Waals surface area contributed by atoms with Crippen LogP contribution in [-0.2, 0) is 19.6 Å². The van der Waals surface area contributed by atoms with Crippen molar-refractivity contribution >= 4 is 14.1 Å². The predicted octanol–water partition coefficient (Wildman–Crippen LogP) is 7.27. The quantitative estimate of drug-likeness (QED) is 0.318. The van der Waals surface area contributed by atoms with E-state index in [1.165, 1.54) is 24.3 Å². The standard InChI is InChI=1S/C25H39F3O3Si/c1-6-22(31-32(7-2,8-3)9-4)20-17-13-14-18-21(20)23(29)24(30-5,25(26,27)28)19-15-11-10-12-16-19/h10-12,15-16,20-22H,6-9,13-14,17-18H2,1-5H3/t20?,21?,22-,24+/m1/s1. The van der Waals surface area contributed by atoms with E-state index in [4.69, 9.17) is 9.16 Å². The summed E-state index contributed by atoms with van der Waals surface area (Å²) in [6, 6.07) is 10.3. The minimum Gasteiger partial charge on any atom is -0.414 e. The third-order valence-electron chi connectivity index (χ3n) is 7.60. The maximum atomic E-state index is 14.5. The zero-order chi connectivity index (χ0) is 24.0. The van der Waals surface area contributed by atoms with Crippen molar-refractivity contribution in [2.75, 3.05) is 7.11 Å². The molecule has 2 rings (SSSR count). The van der Waals surface area contributed by atoms with Crippen LogP contribution in [0, 0.1) is 11.8 Å². The van der Waals surface area contributed by atoms with Crippen LogP contribution in [0.5, 0.6) is 0 Å². The molecule has 0 amide bonds. The molecule has 0 aromatic heterocycles. The van der Waals surface area contributed by atoms with Gasteiger partial charge in [0.2, 0.25) is 5.60 Å². The van der Waals surface area contributed by atoms with Gasteiger partial charge in [0.05, 0.1) is 0 Å². The van der Waals surface area contributed by atoms with Gasteiger partial charge in [-0.1, -0.05) is 70.9 Å². The van der Waals surface area contributed by atoms with E-state index in [1.807, 2.05) is 6.92 Å². The van der Waals surface area contributed by atoms with Crippen LogP contribution in [0.2, 0.25) is 18.1 Å². The number of methoxy groups -OCH3 is 1. The van der Waals surface area contributed by atoms with E-state index in [9.17, 15) is 18.0 Å². The number of hydrogen-bond donors (Lipinski definition) is 0. The summed E-state index contributed by atoms with van der Waals surface area (Å²) in [6.45, 7) is 8.45. The first-order valence-electron chi connectivity index (χ1n) is 12.1. The molecular formula is C25H39F3O3Si. The van der Waals surface area contributed by atoms with E-state index in [0.29, 0.717) is 19.3 Å². The minimum absolute atomic E-state index is 0.155. The Labute approximate surface area is 192 Å². The highest BCUT2D eigenvalue weighted by Gasteiger charge is 2.64. The van der Waals surface area contributed by atoms with Crippen LogP contribution in [0.4, 0.5) is 13.2 Å². The smallest absolute Gasteiger partial charge is 0.414 e. The van der Waals surface area contributed by atoms with E-state index in [0.717, 1.165) is 38.1 Å². The van der Waals surface area contributed by atoms with Gasteiger partial charge in [0, 0.05) is 24.7 Å². The van der Waals surface area contributed by atoms with Crippen molar-refractivity contribution in [2.45, 2.75) is 95.8 Å². The number of benzene rings is 1. The summed E-state index contributed by atoms with van der Waals surface area (Å²) < 4.78 is 55.5. The third-order valence-corrected chi connectivity index (χ3v) is 12.3. The fourth-order valence-corrected chi connectivity index (χ4v) is 8.42. The normalized spacial score (nSPS) is 22.9. The van der Waals surface area contributed by atoms with Crippen LogP contribution in [0.25, 0.3) is 0 Å². The molecular weight excluding hydrogens is 433 g/mol. The van der Waals surface area contributed by atoms with Gasteiger partial charge in [0.25, 0.3) is 0 Å². The lowest BCUT2D eigenvalue weighted by Crippen LogP contribution is -2.56. The molecule has 1 aliphatic carbocycles. The molecule has 1 aromatic carbocycles. The molecule has 1 aliphatic rings. The lowest BCUT2D eigenvalue weighted by atomic mass is 9.68. The number of carbonyl (C=O) groups excluding carboxylic acids is 1. The molecule has 7 heteroatoms. The highest BCUT2D eigenvalue weighted by Crippen LogP contribution is 2.48. The molecule has 0 aliphatic heterocycles. The third kappa shape index (κ3) is 5.15. The van der Waals surface area contributed by atoms with Crippen molar-refractivity contribution in [3.8, 4) is 0 Å². The molecule has 3 nitrogen and oxygen atoms in total. The molecule has 0 saturated heterocycles. The van der Waals surface area contributed by atoms with E-state index < -0.39 is 31.8 Å². The topological polar surface area (TPSA) is 35.5 Å². The van der Waals surface area contributed by atoms with Crippen molar-refractivity contribution < 1.29 is 27.1 Å². The molecule has 1 aromatic rings. The summed E-state index contributed by atoms with van der Waals surface area (Å²) in [7, 11) is -0.976. The predicted molar refractivity (Wildman–Crippen MR) is 124 cm³/mol. The highest BCUT2D eigenvalue weighted by atomic mass is 28.4. The number of ketones is 1. The summed E-state index contributed by atoms with van der Waals surface area (Å²) in [6.07, 6.45) is -1.56. The van der Waals surface area contributed by atoms with Gasteiger partial charge in [0.1, 0.15) is 0 Å². The Morgan fingerprint density at radius 3 is 2.06 bits per heavy atom. The van der Waals surface area contributed by atoms with Crippen molar-refractivity contribution in [2.24, 2.45) is 11.8 Å². The first-order chi connectivity index (χ1) is 15.2. The molecule has 0 N–H and O–H groups in total. The van der Waals surface area contributed by atoms with E-state index in [1.54, 1.807) is 6.07 Å². The monoisotopic (exact) mass is 472 g/mol. The molecule has 182 valence electrons. The molecule has 0 spiro atoms. The second-order valence-corrected chi connectivity index (χ2v) is 13.7.